The van der Waals surface area contributed by atoms with Crippen LogP contribution in [0.1, 0.15) is 43.0 Å². The van der Waals surface area contributed by atoms with Gasteiger partial charge in [0.15, 0.2) is 0 Å². The molecule has 0 radical (unpaired) electrons. The second kappa shape index (κ2) is 16.3. The zero-order valence-corrected chi connectivity index (χ0v) is 25.4. The molecule has 2 amide bonds. The molecule has 0 atom stereocenters. The number of thioether (sulfide) groups is 1. The van der Waals surface area contributed by atoms with Gasteiger partial charge in [0.05, 0.1) is 35.1 Å². The van der Waals surface area contributed by atoms with E-state index in [4.69, 9.17) is 9.47 Å². The Labute approximate surface area is 264 Å². The molecule has 0 heterocycles. The highest BCUT2D eigenvalue weighted by Gasteiger charge is 2.09. The summed E-state index contributed by atoms with van der Waals surface area (Å²) >= 11 is 1.11. The summed E-state index contributed by atoms with van der Waals surface area (Å²) in [5, 5.41) is 7.82. The fraction of sp³-hybridized carbons (Fsp3) is 0.118. The van der Waals surface area contributed by atoms with E-state index in [9.17, 15) is 19.2 Å². The van der Waals surface area contributed by atoms with Gasteiger partial charge in [-0.25, -0.2) is 20.4 Å². The van der Waals surface area contributed by atoms with Gasteiger partial charge in [0.25, 0.3) is 0 Å². The minimum atomic E-state index is -0.452. The molecule has 4 aromatic rings. The molecule has 45 heavy (non-hydrogen) atoms. The molecule has 0 saturated carbocycles. The maximum Gasteiger partial charge on any atom is 0.343 e. The number of aryl methyl sites for hydroxylation is 2. The molecule has 0 aliphatic rings. The lowest BCUT2D eigenvalue weighted by Gasteiger charge is -2.05. The zero-order valence-electron chi connectivity index (χ0n) is 24.6. The molecule has 0 bridgehead atoms. The number of rotatable bonds is 12. The molecular weight excluding hydrogens is 592 g/mol. The molecule has 228 valence electrons. The van der Waals surface area contributed by atoms with Crippen molar-refractivity contribution in [3.8, 4) is 11.5 Å². The highest BCUT2D eigenvalue weighted by molar-refractivity contribution is 8.00. The lowest BCUT2D eigenvalue weighted by Crippen LogP contribution is -2.23. The van der Waals surface area contributed by atoms with Gasteiger partial charge in [-0.15, -0.1) is 11.8 Å². The minimum absolute atomic E-state index is 0.0190. The summed E-state index contributed by atoms with van der Waals surface area (Å²) < 4.78 is 10.7. The van der Waals surface area contributed by atoms with Crippen molar-refractivity contribution in [3.63, 3.8) is 0 Å². The van der Waals surface area contributed by atoms with Crippen molar-refractivity contribution >= 4 is 47.9 Å². The number of benzene rings is 4. The van der Waals surface area contributed by atoms with E-state index < -0.39 is 11.9 Å². The first-order valence-electron chi connectivity index (χ1n) is 13.7. The predicted molar refractivity (Wildman–Crippen MR) is 174 cm³/mol. The summed E-state index contributed by atoms with van der Waals surface area (Å²) in [5.74, 6) is -0.848. The molecule has 0 unspecified atom stereocenters. The molecule has 0 saturated heterocycles. The molecular formula is C34H30N4O6S. The van der Waals surface area contributed by atoms with Gasteiger partial charge >= 0.3 is 11.9 Å². The summed E-state index contributed by atoms with van der Waals surface area (Å²) in [6.45, 7) is 3.88. The zero-order chi connectivity index (χ0) is 32.0. The van der Waals surface area contributed by atoms with Gasteiger partial charge in [0.1, 0.15) is 11.5 Å². The fourth-order valence-corrected chi connectivity index (χ4v) is 4.22. The van der Waals surface area contributed by atoms with E-state index in [-0.39, 0.29) is 23.3 Å². The molecule has 4 aromatic carbocycles. The Bertz CT molecular complexity index is 1560. The van der Waals surface area contributed by atoms with Crippen molar-refractivity contribution < 1.29 is 28.7 Å². The van der Waals surface area contributed by atoms with E-state index in [1.807, 2.05) is 38.1 Å². The van der Waals surface area contributed by atoms with Crippen LogP contribution in [-0.2, 0) is 9.59 Å². The predicted octanol–water partition coefficient (Wildman–Crippen LogP) is 5.08. The lowest BCUT2D eigenvalue weighted by atomic mass is 10.1. The first kappa shape index (κ1) is 32.4. The third-order valence-corrected chi connectivity index (χ3v) is 6.96. The highest BCUT2D eigenvalue weighted by atomic mass is 32.2. The summed E-state index contributed by atoms with van der Waals surface area (Å²) in [5.41, 5.74) is 9.20. The molecule has 0 spiro atoms. The van der Waals surface area contributed by atoms with Crippen LogP contribution < -0.4 is 20.3 Å². The van der Waals surface area contributed by atoms with Crippen molar-refractivity contribution in [2.24, 2.45) is 10.2 Å². The number of nitrogens with zero attached hydrogens (tertiary/aromatic N) is 2. The summed E-state index contributed by atoms with van der Waals surface area (Å²) in [4.78, 5) is 48.5. The number of amides is 2. The first-order valence-corrected chi connectivity index (χ1v) is 14.9. The first-order chi connectivity index (χ1) is 21.7. The lowest BCUT2D eigenvalue weighted by molar-refractivity contribution is -0.118. The quantitative estimate of drug-likeness (QED) is 0.0974. The Balaban J connectivity index is 1.10. The number of hydrogen-bond donors (Lipinski definition) is 2. The Morgan fingerprint density at radius 2 is 0.933 bits per heavy atom. The molecule has 0 aliphatic heterocycles. The largest absolute Gasteiger partial charge is 0.423 e. The van der Waals surface area contributed by atoms with E-state index in [2.05, 4.69) is 21.1 Å². The van der Waals surface area contributed by atoms with Crippen LogP contribution >= 0.6 is 11.8 Å². The van der Waals surface area contributed by atoms with Crippen molar-refractivity contribution in [1.29, 1.82) is 0 Å². The van der Waals surface area contributed by atoms with Crippen LogP contribution in [0.3, 0.4) is 0 Å². The van der Waals surface area contributed by atoms with Gasteiger partial charge in [-0.2, -0.15) is 10.2 Å². The Morgan fingerprint density at radius 1 is 0.578 bits per heavy atom. The third-order valence-electron chi connectivity index (χ3n) is 6.03. The van der Waals surface area contributed by atoms with Crippen molar-refractivity contribution in [2.45, 2.75) is 13.8 Å². The second-order valence-electron chi connectivity index (χ2n) is 9.73. The van der Waals surface area contributed by atoms with Gasteiger partial charge in [0.2, 0.25) is 11.8 Å². The minimum Gasteiger partial charge on any atom is -0.423 e. The van der Waals surface area contributed by atoms with Crippen molar-refractivity contribution in [1.82, 2.24) is 10.9 Å². The van der Waals surface area contributed by atoms with E-state index in [0.717, 1.165) is 22.9 Å². The van der Waals surface area contributed by atoms with Crippen LogP contribution in [0.2, 0.25) is 0 Å². The fourth-order valence-electron chi connectivity index (χ4n) is 3.61. The topological polar surface area (TPSA) is 136 Å². The summed E-state index contributed by atoms with van der Waals surface area (Å²) in [7, 11) is 0. The Morgan fingerprint density at radius 3 is 1.29 bits per heavy atom. The third kappa shape index (κ3) is 10.9. The monoisotopic (exact) mass is 622 g/mol. The molecule has 10 nitrogen and oxygen atoms in total. The molecule has 2 N–H and O–H groups in total. The smallest absolute Gasteiger partial charge is 0.343 e. The summed E-state index contributed by atoms with van der Waals surface area (Å²) in [6, 6.07) is 27.5. The van der Waals surface area contributed by atoms with Gasteiger partial charge in [-0.1, -0.05) is 35.4 Å². The number of ether oxygens (including phenoxy) is 2. The maximum atomic E-state index is 12.2. The number of carbonyl (C=O) groups excluding carboxylic acids is 4. The van der Waals surface area contributed by atoms with Gasteiger partial charge in [-0.3, -0.25) is 9.59 Å². The number of nitrogens with one attached hydrogen (secondary N) is 2. The number of hydrazone groups is 2. The molecule has 11 heteroatoms. The average molecular weight is 623 g/mol. The SMILES string of the molecule is Cc1ccc(C(=O)Oc2ccc(/C=N/NC(=O)CSCC(=O)N/N=C/c3ccc(OC(=O)c4ccc(C)cc4)cc3)cc2)cc1. The number of hydrogen-bond acceptors (Lipinski definition) is 9. The average Bonchev–Trinajstić information content (AvgIpc) is 3.03. The Kier molecular flexibility index (Phi) is 11.8. The van der Waals surface area contributed by atoms with Gasteiger partial charge < -0.3 is 9.47 Å². The van der Waals surface area contributed by atoms with Crippen LogP contribution in [0.25, 0.3) is 0 Å². The standard InChI is InChI=1S/C34H30N4O6S/c1-23-3-11-27(12-4-23)33(41)43-29-15-7-25(8-16-29)19-35-37-31(39)21-45-22-32(40)38-36-20-26-9-17-30(18-10-26)44-34(42)28-13-5-24(2)6-14-28/h3-20H,21-22H2,1-2H3,(H,37,39)(H,38,40)/b35-19+,36-20+. The van der Waals surface area contributed by atoms with Crippen LogP contribution in [0.5, 0.6) is 11.5 Å². The van der Waals surface area contributed by atoms with Crippen molar-refractivity contribution in [2.75, 3.05) is 11.5 Å². The van der Waals surface area contributed by atoms with Crippen LogP contribution in [0.15, 0.2) is 107 Å². The Hall–Kier alpha value is -5.55. The molecule has 0 aromatic heterocycles. The van der Waals surface area contributed by atoms with Crippen LogP contribution in [0.4, 0.5) is 0 Å². The van der Waals surface area contributed by atoms with E-state index >= 15 is 0 Å². The van der Waals surface area contributed by atoms with E-state index in [0.29, 0.717) is 33.8 Å². The van der Waals surface area contributed by atoms with Crippen LogP contribution in [0, 0.1) is 13.8 Å². The maximum absolute atomic E-state index is 12.2. The van der Waals surface area contributed by atoms with E-state index in [1.54, 1.807) is 72.8 Å². The molecule has 4 rings (SSSR count). The normalized spacial score (nSPS) is 10.9. The van der Waals surface area contributed by atoms with E-state index in [1.165, 1.54) is 12.4 Å². The van der Waals surface area contributed by atoms with Crippen molar-refractivity contribution in [3.05, 3.63) is 130 Å². The molecule has 0 aliphatic carbocycles. The molecule has 0 fully saturated rings. The van der Waals surface area contributed by atoms with Crippen LogP contribution in [-0.4, -0.2) is 47.7 Å². The number of carbonyl (C=O) groups is 4. The van der Waals surface area contributed by atoms with Gasteiger partial charge in [0, 0.05) is 0 Å². The van der Waals surface area contributed by atoms with Gasteiger partial charge in [-0.05, 0) is 97.8 Å². The number of esters is 2. The summed E-state index contributed by atoms with van der Waals surface area (Å²) in [6.07, 6.45) is 2.91. The second-order valence-corrected chi connectivity index (χ2v) is 10.7. The highest BCUT2D eigenvalue weighted by Crippen LogP contribution is 2.15.